The van der Waals surface area contributed by atoms with E-state index in [9.17, 15) is 0 Å². The molecule has 0 bridgehead atoms. The summed E-state index contributed by atoms with van der Waals surface area (Å²) in [6.07, 6.45) is 1.89. The van der Waals surface area contributed by atoms with Gasteiger partial charge in [-0.1, -0.05) is 43.0 Å². The molecular formula is C15H13N. The van der Waals surface area contributed by atoms with Crippen LogP contribution in [0.15, 0.2) is 49.0 Å². The third-order valence-electron chi connectivity index (χ3n) is 3.11. The summed E-state index contributed by atoms with van der Waals surface area (Å²) in [4.78, 5) is 0. The number of benzene rings is 2. The molecule has 16 heavy (non-hydrogen) atoms. The van der Waals surface area contributed by atoms with Gasteiger partial charge < -0.3 is 4.57 Å². The first-order chi connectivity index (χ1) is 7.83. The normalized spacial score (nSPS) is 11.1. The average molecular weight is 207 g/mol. The van der Waals surface area contributed by atoms with Crippen molar-refractivity contribution in [2.45, 2.75) is 6.92 Å². The second kappa shape index (κ2) is 3.24. The van der Waals surface area contributed by atoms with Crippen LogP contribution in [0, 0.1) is 6.92 Å². The van der Waals surface area contributed by atoms with Gasteiger partial charge in [0.05, 0.1) is 11.0 Å². The molecule has 1 heterocycles. The largest absolute Gasteiger partial charge is 0.316 e. The molecule has 2 aromatic carbocycles. The minimum atomic E-state index is 1.22. The third kappa shape index (κ3) is 1.06. The molecule has 3 aromatic rings. The van der Waals surface area contributed by atoms with Crippen LogP contribution in [0.2, 0.25) is 0 Å². The van der Waals surface area contributed by atoms with Crippen molar-refractivity contribution in [3.8, 4) is 0 Å². The van der Waals surface area contributed by atoms with E-state index in [-0.39, 0.29) is 0 Å². The van der Waals surface area contributed by atoms with E-state index < -0.39 is 0 Å². The second-order valence-corrected chi connectivity index (χ2v) is 4.04. The molecule has 3 rings (SSSR count). The Morgan fingerprint density at radius 2 is 1.75 bits per heavy atom. The van der Waals surface area contributed by atoms with Gasteiger partial charge in [-0.25, -0.2) is 0 Å². The predicted molar refractivity (Wildman–Crippen MR) is 70.6 cm³/mol. The summed E-state index contributed by atoms with van der Waals surface area (Å²) in [6, 6.07) is 14.9. The molecule has 0 amide bonds. The third-order valence-corrected chi connectivity index (χ3v) is 3.11. The Morgan fingerprint density at radius 1 is 1.00 bits per heavy atom. The smallest absolute Gasteiger partial charge is 0.0563 e. The van der Waals surface area contributed by atoms with Crippen molar-refractivity contribution in [2.75, 3.05) is 0 Å². The zero-order valence-electron chi connectivity index (χ0n) is 9.27. The standard InChI is InChI=1S/C15H13N/c1-3-16-14-10-5-4-8-12(14)13-9-6-7-11(2)15(13)16/h3-10H,1H2,2H3. The fourth-order valence-corrected chi connectivity index (χ4v) is 2.42. The van der Waals surface area contributed by atoms with E-state index in [1.54, 1.807) is 0 Å². The Balaban J connectivity index is 2.70. The molecule has 0 saturated carbocycles. The minimum Gasteiger partial charge on any atom is -0.316 e. The number of fused-ring (bicyclic) bond motifs is 3. The maximum atomic E-state index is 3.91. The Hall–Kier alpha value is -2.02. The molecule has 0 fully saturated rings. The summed E-state index contributed by atoms with van der Waals surface area (Å²) in [5, 5.41) is 2.59. The SMILES string of the molecule is C=Cn1c2ccccc2c2cccc(C)c21. The highest BCUT2D eigenvalue weighted by Crippen LogP contribution is 2.30. The van der Waals surface area contributed by atoms with Crippen LogP contribution in [0.3, 0.4) is 0 Å². The van der Waals surface area contributed by atoms with Gasteiger partial charge in [0.1, 0.15) is 0 Å². The summed E-state index contributed by atoms with van der Waals surface area (Å²) < 4.78 is 2.17. The number of hydrogen-bond donors (Lipinski definition) is 0. The number of para-hydroxylation sites is 2. The number of aryl methyl sites for hydroxylation is 1. The van der Waals surface area contributed by atoms with E-state index in [1.807, 2.05) is 6.20 Å². The van der Waals surface area contributed by atoms with Gasteiger partial charge in [0.25, 0.3) is 0 Å². The van der Waals surface area contributed by atoms with Crippen LogP contribution < -0.4 is 0 Å². The van der Waals surface area contributed by atoms with Crippen LogP contribution in [0.4, 0.5) is 0 Å². The summed E-state index contributed by atoms with van der Waals surface area (Å²) in [5.74, 6) is 0. The summed E-state index contributed by atoms with van der Waals surface area (Å²) in [6.45, 7) is 6.05. The molecule has 0 unspecified atom stereocenters. The first kappa shape index (κ1) is 9.22. The molecule has 1 nitrogen and oxygen atoms in total. The van der Waals surface area contributed by atoms with Gasteiger partial charge in [0.2, 0.25) is 0 Å². The van der Waals surface area contributed by atoms with Crippen molar-refractivity contribution < 1.29 is 0 Å². The lowest BCUT2D eigenvalue weighted by atomic mass is 10.1. The Kier molecular flexibility index (Phi) is 1.87. The molecule has 78 valence electrons. The van der Waals surface area contributed by atoms with Crippen molar-refractivity contribution in [3.63, 3.8) is 0 Å². The van der Waals surface area contributed by atoms with Gasteiger partial charge in [-0.15, -0.1) is 0 Å². The fraction of sp³-hybridized carbons (Fsp3) is 0.0667. The van der Waals surface area contributed by atoms with Crippen LogP contribution in [-0.4, -0.2) is 4.57 Å². The molecule has 1 heteroatoms. The van der Waals surface area contributed by atoms with E-state index in [1.165, 1.54) is 27.4 Å². The number of nitrogens with zero attached hydrogens (tertiary/aromatic N) is 1. The van der Waals surface area contributed by atoms with Crippen LogP contribution in [0.5, 0.6) is 0 Å². The fourth-order valence-electron chi connectivity index (χ4n) is 2.42. The van der Waals surface area contributed by atoms with E-state index in [0.29, 0.717) is 0 Å². The van der Waals surface area contributed by atoms with Crippen molar-refractivity contribution in [3.05, 3.63) is 54.6 Å². The summed E-state index contributed by atoms with van der Waals surface area (Å²) >= 11 is 0. The molecule has 0 atom stereocenters. The Bertz CT molecular complexity index is 689. The van der Waals surface area contributed by atoms with Gasteiger partial charge in [0, 0.05) is 17.0 Å². The molecule has 0 aliphatic carbocycles. The van der Waals surface area contributed by atoms with E-state index in [0.717, 1.165) is 0 Å². The van der Waals surface area contributed by atoms with Gasteiger partial charge in [0.15, 0.2) is 0 Å². The first-order valence-electron chi connectivity index (χ1n) is 5.44. The highest BCUT2D eigenvalue weighted by molar-refractivity contribution is 6.10. The van der Waals surface area contributed by atoms with Crippen molar-refractivity contribution >= 4 is 28.0 Å². The van der Waals surface area contributed by atoms with E-state index in [4.69, 9.17) is 0 Å². The Morgan fingerprint density at radius 3 is 2.56 bits per heavy atom. The van der Waals surface area contributed by atoms with Crippen molar-refractivity contribution in [2.24, 2.45) is 0 Å². The molecule has 0 radical (unpaired) electrons. The van der Waals surface area contributed by atoms with E-state index in [2.05, 4.69) is 60.5 Å². The molecule has 0 aliphatic heterocycles. The van der Waals surface area contributed by atoms with Gasteiger partial charge in [-0.05, 0) is 18.6 Å². The average Bonchev–Trinajstić information content (AvgIpc) is 2.65. The van der Waals surface area contributed by atoms with Crippen LogP contribution in [0.1, 0.15) is 5.56 Å². The molecule has 0 N–H and O–H groups in total. The molecular weight excluding hydrogens is 194 g/mol. The predicted octanol–water partition coefficient (Wildman–Crippen LogP) is 4.20. The lowest BCUT2D eigenvalue weighted by Crippen LogP contribution is -1.86. The first-order valence-corrected chi connectivity index (χ1v) is 5.44. The zero-order valence-corrected chi connectivity index (χ0v) is 9.27. The molecule has 0 aliphatic rings. The summed E-state index contributed by atoms with van der Waals surface area (Å²) in [7, 11) is 0. The molecule has 1 aromatic heterocycles. The highest BCUT2D eigenvalue weighted by Gasteiger charge is 2.09. The van der Waals surface area contributed by atoms with Crippen LogP contribution in [0.25, 0.3) is 28.0 Å². The number of rotatable bonds is 1. The zero-order chi connectivity index (χ0) is 11.1. The highest BCUT2D eigenvalue weighted by atomic mass is 14.9. The quantitative estimate of drug-likeness (QED) is 0.563. The molecule has 0 saturated heterocycles. The maximum absolute atomic E-state index is 3.91. The van der Waals surface area contributed by atoms with Crippen molar-refractivity contribution in [1.29, 1.82) is 0 Å². The van der Waals surface area contributed by atoms with Crippen molar-refractivity contribution in [1.82, 2.24) is 4.57 Å². The minimum absolute atomic E-state index is 1.22. The lowest BCUT2D eigenvalue weighted by Gasteiger charge is -2.01. The molecule has 0 spiro atoms. The van der Waals surface area contributed by atoms with Gasteiger partial charge in [-0.3, -0.25) is 0 Å². The lowest BCUT2D eigenvalue weighted by molar-refractivity contribution is 1.27. The van der Waals surface area contributed by atoms with Gasteiger partial charge >= 0.3 is 0 Å². The summed E-state index contributed by atoms with van der Waals surface area (Å²) in [5.41, 5.74) is 3.77. The monoisotopic (exact) mass is 207 g/mol. The maximum Gasteiger partial charge on any atom is 0.0563 e. The number of hydrogen-bond acceptors (Lipinski definition) is 0. The topological polar surface area (TPSA) is 4.93 Å². The number of aromatic nitrogens is 1. The Labute approximate surface area is 94.6 Å². The second-order valence-electron chi connectivity index (χ2n) is 4.04. The van der Waals surface area contributed by atoms with E-state index >= 15 is 0 Å². The van der Waals surface area contributed by atoms with Gasteiger partial charge in [-0.2, -0.15) is 0 Å². The van der Waals surface area contributed by atoms with Crippen LogP contribution >= 0.6 is 0 Å². The van der Waals surface area contributed by atoms with Crippen LogP contribution in [-0.2, 0) is 0 Å².